The average molecular weight is 412 g/mol. The Morgan fingerprint density at radius 3 is 2.50 bits per heavy atom. The molecule has 2 N–H and O–H groups in total. The van der Waals surface area contributed by atoms with E-state index in [1.165, 1.54) is 0 Å². The second-order valence-electron chi connectivity index (χ2n) is 5.03. The van der Waals surface area contributed by atoms with Gasteiger partial charge in [0.2, 0.25) is 5.91 Å². The fourth-order valence-corrected chi connectivity index (χ4v) is 2.21. The van der Waals surface area contributed by atoms with Gasteiger partial charge in [0.05, 0.1) is 6.54 Å². The third-order valence-electron chi connectivity index (χ3n) is 3.07. The summed E-state index contributed by atoms with van der Waals surface area (Å²) in [6.07, 6.45) is 0. The largest absolute Gasteiger partial charge is 0.484 e. The Labute approximate surface area is 153 Å². The van der Waals surface area contributed by atoms with E-state index in [0.717, 1.165) is 10.0 Å². The van der Waals surface area contributed by atoms with E-state index in [0.29, 0.717) is 16.5 Å². The topological polar surface area (TPSA) is 67.4 Å². The fourth-order valence-electron chi connectivity index (χ4n) is 1.84. The van der Waals surface area contributed by atoms with Crippen molar-refractivity contribution in [3.8, 4) is 5.75 Å². The number of aryl methyl sites for hydroxylation is 1. The van der Waals surface area contributed by atoms with E-state index in [1.54, 1.807) is 30.3 Å². The predicted octanol–water partition coefficient (Wildman–Crippen LogP) is 3.54. The number of rotatable bonds is 6. The summed E-state index contributed by atoms with van der Waals surface area (Å²) in [7, 11) is 0. The van der Waals surface area contributed by atoms with Crippen LogP contribution >= 0.6 is 27.5 Å². The minimum atomic E-state index is -0.382. The monoisotopic (exact) mass is 410 g/mol. The summed E-state index contributed by atoms with van der Waals surface area (Å²) in [4.78, 5) is 23.5. The number of halogens is 2. The van der Waals surface area contributed by atoms with Gasteiger partial charge in [0, 0.05) is 15.2 Å². The Kier molecular flexibility index (Phi) is 6.63. The van der Waals surface area contributed by atoms with Crippen molar-refractivity contribution in [2.24, 2.45) is 0 Å². The lowest BCUT2D eigenvalue weighted by Gasteiger charge is -2.09. The summed E-state index contributed by atoms with van der Waals surface area (Å²) in [6, 6.07) is 12.1. The zero-order valence-electron chi connectivity index (χ0n) is 12.9. The molecule has 0 saturated heterocycles. The van der Waals surface area contributed by atoms with E-state index >= 15 is 0 Å². The highest BCUT2D eigenvalue weighted by atomic mass is 79.9. The van der Waals surface area contributed by atoms with Crippen LogP contribution in [0.2, 0.25) is 5.02 Å². The molecule has 0 heterocycles. The maximum Gasteiger partial charge on any atom is 0.258 e. The van der Waals surface area contributed by atoms with Crippen LogP contribution in [0.4, 0.5) is 5.69 Å². The van der Waals surface area contributed by atoms with Gasteiger partial charge >= 0.3 is 0 Å². The molecule has 0 aliphatic carbocycles. The van der Waals surface area contributed by atoms with Crippen molar-refractivity contribution in [1.82, 2.24) is 5.32 Å². The number of ether oxygens (including phenoxy) is 1. The molecular formula is C17H16BrClN2O3. The van der Waals surface area contributed by atoms with Crippen LogP contribution in [0.3, 0.4) is 0 Å². The van der Waals surface area contributed by atoms with E-state index in [4.69, 9.17) is 16.3 Å². The molecule has 0 radical (unpaired) electrons. The number of carbonyl (C=O) groups excluding carboxylic acids is 2. The summed E-state index contributed by atoms with van der Waals surface area (Å²) in [6.45, 7) is 1.62. The highest BCUT2D eigenvalue weighted by molar-refractivity contribution is 9.10. The van der Waals surface area contributed by atoms with Gasteiger partial charge in [-0.15, -0.1) is 0 Å². The van der Waals surface area contributed by atoms with Crippen LogP contribution in [0.25, 0.3) is 0 Å². The SMILES string of the molecule is Cc1cc(NC(=O)CNC(=O)COc2ccc(Cl)cc2)ccc1Br. The Hall–Kier alpha value is -2.05. The van der Waals surface area contributed by atoms with Gasteiger partial charge in [-0.2, -0.15) is 0 Å². The first-order valence-corrected chi connectivity index (χ1v) is 8.32. The summed E-state index contributed by atoms with van der Waals surface area (Å²) in [5, 5.41) is 5.80. The van der Waals surface area contributed by atoms with Crippen LogP contribution in [-0.4, -0.2) is 25.0 Å². The number of anilines is 1. The van der Waals surface area contributed by atoms with Crippen LogP contribution in [0.1, 0.15) is 5.56 Å². The molecule has 0 fully saturated rings. The molecule has 0 spiro atoms. The smallest absolute Gasteiger partial charge is 0.258 e. The van der Waals surface area contributed by atoms with Crippen molar-refractivity contribution in [2.75, 3.05) is 18.5 Å². The van der Waals surface area contributed by atoms with Crippen molar-refractivity contribution in [2.45, 2.75) is 6.92 Å². The van der Waals surface area contributed by atoms with Crippen LogP contribution < -0.4 is 15.4 Å². The molecule has 24 heavy (non-hydrogen) atoms. The molecule has 0 saturated carbocycles. The van der Waals surface area contributed by atoms with E-state index < -0.39 is 0 Å². The number of hydrogen-bond donors (Lipinski definition) is 2. The normalized spacial score (nSPS) is 10.1. The number of nitrogens with one attached hydrogen (secondary N) is 2. The maximum absolute atomic E-state index is 11.8. The van der Waals surface area contributed by atoms with Crippen LogP contribution in [0.15, 0.2) is 46.9 Å². The second-order valence-corrected chi connectivity index (χ2v) is 6.32. The zero-order valence-corrected chi connectivity index (χ0v) is 15.3. The standard InChI is InChI=1S/C17H16BrClN2O3/c1-11-8-13(4-7-15(11)18)21-16(22)9-20-17(23)10-24-14-5-2-12(19)3-6-14/h2-8H,9-10H2,1H3,(H,20,23)(H,21,22). The lowest BCUT2D eigenvalue weighted by atomic mass is 10.2. The fraction of sp³-hybridized carbons (Fsp3) is 0.176. The predicted molar refractivity (Wildman–Crippen MR) is 97.5 cm³/mol. The van der Waals surface area contributed by atoms with E-state index in [-0.39, 0.29) is 25.0 Å². The van der Waals surface area contributed by atoms with Crippen LogP contribution in [0, 0.1) is 6.92 Å². The van der Waals surface area contributed by atoms with Gasteiger partial charge in [0.15, 0.2) is 6.61 Å². The number of amides is 2. The third kappa shape index (κ3) is 5.86. The molecule has 0 bridgehead atoms. The van der Waals surface area contributed by atoms with E-state index in [9.17, 15) is 9.59 Å². The molecule has 0 aromatic heterocycles. The van der Waals surface area contributed by atoms with Gasteiger partial charge in [-0.25, -0.2) is 0 Å². The summed E-state index contributed by atoms with van der Waals surface area (Å²) in [5.74, 6) is -0.159. The first-order valence-electron chi connectivity index (χ1n) is 7.15. The molecule has 2 aromatic carbocycles. The van der Waals surface area contributed by atoms with Crippen molar-refractivity contribution >= 4 is 45.0 Å². The van der Waals surface area contributed by atoms with Crippen molar-refractivity contribution in [1.29, 1.82) is 0 Å². The summed E-state index contributed by atoms with van der Waals surface area (Å²) >= 11 is 9.16. The van der Waals surface area contributed by atoms with Crippen molar-refractivity contribution < 1.29 is 14.3 Å². The third-order valence-corrected chi connectivity index (χ3v) is 4.21. The minimum Gasteiger partial charge on any atom is -0.484 e. The molecule has 2 amide bonds. The Balaban J connectivity index is 1.73. The molecule has 0 aliphatic rings. The molecule has 7 heteroatoms. The van der Waals surface area contributed by atoms with E-state index in [1.807, 2.05) is 19.1 Å². The molecular weight excluding hydrogens is 396 g/mol. The van der Waals surface area contributed by atoms with Crippen LogP contribution in [0.5, 0.6) is 5.75 Å². The van der Waals surface area contributed by atoms with Gasteiger partial charge in [0.25, 0.3) is 5.91 Å². The Morgan fingerprint density at radius 1 is 1.12 bits per heavy atom. The average Bonchev–Trinajstić information content (AvgIpc) is 2.56. The Morgan fingerprint density at radius 2 is 1.83 bits per heavy atom. The van der Waals surface area contributed by atoms with Gasteiger partial charge in [-0.3, -0.25) is 9.59 Å². The number of carbonyl (C=O) groups is 2. The highest BCUT2D eigenvalue weighted by Gasteiger charge is 2.07. The first-order chi connectivity index (χ1) is 11.4. The molecule has 0 atom stereocenters. The first kappa shape index (κ1) is 18.3. The van der Waals surface area contributed by atoms with Gasteiger partial charge in [-0.1, -0.05) is 27.5 Å². The minimum absolute atomic E-state index is 0.127. The lowest BCUT2D eigenvalue weighted by molar-refractivity contribution is -0.125. The van der Waals surface area contributed by atoms with Crippen molar-refractivity contribution in [3.05, 3.63) is 57.5 Å². The lowest BCUT2D eigenvalue weighted by Crippen LogP contribution is -2.35. The van der Waals surface area contributed by atoms with E-state index in [2.05, 4.69) is 26.6 Å². The molecule has 5 nitrogen and oxygen atoms in total. The summed E-state index contributed by atoms with van der Waals surface area (Å²) < 4.78 is 6.26. The van der Waals surface area contributed by atoms with Gasteiger partial charge in [-0.05, 0) is 55.0 Å². The number of benzene rings is 2. The summed E-state index contributed by atoms with van der Waals surface area (Å²) in [5.41, 5.74) is 1.68. The number of hydrogen-bond acceptors (Lipinski definition) is 3. The molecule has 126 valence electrons. The quantitative estimate of drug-likeness (QED) is 0.764. The molecule has 0 aliphatic heterocycles. The van der Waals surface area contributed by atoms with Gasteiger partial charge in [0.1, 0.15) is 5.75 Å². The maximum atomic E-state index is 11.8. The van der Waals surface area contributed by atoms with Gasteiger partial charge < -0.3 is 15.4 Å². The molecule has 2 aromatic rings. The molecule has 2 rings (SSSR count). The Bertz CT molecular complexity index is 735. The van der Waals surface area contributed by atoms with Crippen LogP contribution in [-0.2, 0) is 9.59 Å². The zero-order chi connectivity index (χ0) is 17.5. The highest BCUT2D eigenvalue weighted by Crippen LogP contribution is 2.19. The molecule has 0 unspecified atom stereocenters. The second kappa shape index (κ2) is 8.70. The van der Waals surface area contributed by atoms with Crippen molar-refractivity contribution in [3.63, 3.8) is 0 Å².